The minimum absolute atomic E-state index is 0.0143. The van der Waals surface area contributed by atoms with Crippen molar-refractivity contribution in [3.8, 4) is 0 Å². The Kier molecular flexibility index (Phi) is 6.57. The maximum Gasteiger partial charge on any atom is 0.225 e. The third-order valence-corrected chi connectivity index (χ3v) is 5.00. The van der Waals surface area contributed by atoms with Crippen LogP contribution in [0.4, 0.5) is 4.39 Å². The van der Waals surface area contributed by atoms with Crippen molar-refractivity contribution in [2.24, 2.45) is 5.92 Å². The number of halogens is 1. The van der Waals surface area contributed by atoms with Gasteiger partial charge in [-0.1, -0.05) is 12.1 Å². The highest BCUT2D eigenvalue weighted by Crippen LogP contribution is 2.18. The first kappa shape index (κ1) is 18.8. The Morgan fingerprint density at radius 2 is 1.92 bits per heavy atom. The molecule has 7 heteroatoms. The highest BCUT2D eigenvalue weighted by Gasteiger charge is 2.33. The lowest BCUT2D eigenvalue weighted by atomic mass is 10.1. The Morgan fingerprint density at radius 1 is 1.19 bits per heavy atom. The van der Waals surface area contributed by atoms with E-state index in [0.29, 0.717) is 26.1 Å². The number of carbonyl (C=O) groups is 2. The first-order chi connectivity index (χ1) is 12.6. The van der Waals surface area contributed by atoms with Crippen LogP contribution in [0.1, 0.15) is 12.0 Å². The van der Waals surface area contributed by atoms with E-state index in [2.05, 4.69) is 10.2 Å². The normalized spacial score (nSPS) is 21.2. The summed E-state index contributed by atoms with van der Waals surface area (Å²) in [5.41, 5.74) is 0.984. The van der Waals surface area contributed by atoms with Gasteiger partial charge in [0.2, 0.25) is 11.8 Å². The topological polar surface area (TPSA) is 61.9 Å². The van der Waals surface area contributed by atoms with Crippen molar-refractivity contribution in [3.63, 3.8) is 0 Å². The van der Waals surface area contributed by atoms with E-state index in [1.54, 1.807) is 17.0 Å². The van der Waals surface area contributed by atoms with Crippen molar-refractivity contribution in [2.45, 2.75) is 12.8 Å². The smallest absolute Gasteiger partial charge is 0.225 e. The lowest BCUT2D eigenvalue weighted by molar-refractivity contribution is -0.129. The van der Waals surface area contributed by atoms with Crippen LogP contribution in [0.5, 0.6) is 0 Å². The van der Waals surface area contributed by atoms with Gasteiger partial charge >= 0.3 is 0 Å². The minimum atomic E-state index is -0.277. The fourth-order valence-electron chi connectivity index (χ4n) is 3.39. The molecule has 6 nitrogen and oxygen atoms in total. The molecule has 1 atom stereocenters. The molecule has 2 saturated heterocycles. The Hall–Kier alpha value is -1.99. The number of nitrogens with zero attached hydrogens (tertiary/aromatic N) is 2. The van der Waals surface area contributed by atoms with Gasteiger partial charge in [-0.3, -0.25) is 14.5 Å². The summed E-state index contributed by atoms with van der Waals surface area (Å²) in [5.74, 6) is -0.573. The Bertz CT molecular complexity index is 617. The molecule has 2 aliphatic heterocycles. The molecule has 0 radical (unpaired) electrons. The Morgan fingerprint density at radius 3 is 2.65 bits per heavy atom. The molecule has 1 aromatic rings. The first-order valence-electron chi connectivity index (χ1n) is 9.22. The van der Waals surface area contributed by atoms with Crippen molar-refractivity contribution < 1.29 is 18.7 Å². The summed E-state index contributed by atoms with van der Waals surface area (Å²) in [6.45, 7) is 5.71. The number of hydrogen-bond donors (Lipinski definition) is 1. The molecule has 2 heterocycles. The molecule has 0 saturated carbocycles. The molecule has 1 N–H and O–H groups in total. The molecule has 2 aliphatic rings. The number of nitrogens with one attached hydrogen (secondary N) is 1. The van der Waals surface area contributed by atoms with Gasteiger partial charge in [-0.2, -0.15) is 0 Å². The average Bonchev–Trinajstić information content (AvgIpc) is 3.03. The molecule has 0 spiro atoms. The second-order valence-corrected chi connectivity index (χ2v) is 6.86. The summed E-state index contributed by atoms with van der Waals surface area (Å²) in [5, 5.41) is 2.95. The molecule has 0 aromatic heterocycles. The number of benzene rings is 1. The van der Waals surface area contributed by atoms with Gasteiger partial charge < -0.3 is 15.0 Å². The second-order valence-electron chi connectivity index (χ2n) is 6.86. The SMILES string of the molecule is O=C(NCCN1CCOCC1)[C@@H]1CC(=O)N(CCc2ccc(F)cc2)C1. The zero-order valence-electron chi connectivity index (χ0n) is 15.0. The van der Waals surface area contributed by atoms with Gasteiger partial charge in [0, 0.05) is 45.7 Å². The number of likely N-dealkylation sites (tertiary alicyclic amines) is 1. The van der Waals surface area contributed by atoms with Crippen LogP contribution >= 0.6 is 0 Å². The van der Waals surface area contributed by atoms with Crippen LogP contribution in [0, 0.1) is 11.7 Å². The van der Waals surface area contributed by atoms with Crippen LogP contribution in [-0.2, 0) is 20.7 Å². The molecule has 1 aromatic carbocycles. The molecule has 2 fully saturated rings. The van der Waals surface area contributed by atoms with E-state index in [9.17, 15) is 14.0 Å². The van der Waals surface area contributed by atoms with Gasteiger partial charge in [-0.15, -0.1) is 0 Å². The monoisotopic (exact) mass is 363 g/mol. The van der Waals surface area contributed by atoms with E-state index in [-0.39, 0.29) is 30.0 Å². The van der Waals surface area contributed by atoms with E-state index < -0.39 is 0 Å². The lowest BCUT2D eigenvalue weighted by Gasteiger charge is -2.26. The van der Waals surface area contributed by atoms with E-state index in [1.807, 2.05) is 0 Å². The van der Waals surface area contributed by atoms with Crippen molar-refractivity contribution in [1.82, 2.24) is 15.1 Å². The first-order valence-corrected chi connectivity index (χ1v) is 9.22. The molecule has 0 bridgehead atoms. The highest BCUT2D eigenvalue weighted by molar-refractivity contribution is 5.89. The molecule has 0 unspecified atom stereocenters. The quantitative estimate of drug-likeness (QED) is 0.773. The van der Waals surface area contributed by atoms with E-state index in [0.717, 1.165) is 38.4 Å². The summed E-state index contributed by atoms with van der Waals surface area (Å²) in [4.78, 5) is 28.5. The maximum atomic E-state index is 12.9. The molecular weight excluding hydrogens is 337 g/mol. The molecule has 2 amide bonds. The molecule has 3 rings (SSSR count). The van der Waals surface area contributed by atoms with Crippen LogP contribution in [0.3, 0.4) is 0 Å². The fraction of sp³-hybridized carbons (Fsp3) is 0.579. The van der Waals surface area contributed by atoms with Crippen molar-refractivity contribution in [1.29, 1.82) is 0 Å². The van der Waals surface area contributed by atoms with Gasteiger partial charge in [-0.25, -0.2) is 4.39 Å². The van der Waals surface area contributed by atoms with Crippen LogP contribution in [0.15, 0.2) is 24.3 Å². The number of ether oxygens (including phenoxy) is 1. The third-order valence-electron chi connectivity index (χ3n) is 5.00. The summed E-state index contributed by atoms with van der Waals surface area (Å²) >= 11 is 0. The zero-order chi connectivity index (χ0) is 18.4. The number of hydrogen-bond acceptors (Lipinski definition) is 4. The van der Waals surface area contributed by atoms with Gasteiger partial charge in [0.1, 0.15) is 5.82 Å². The predicted molar refractivity (Wildman–Crippen MR) is 95.1 cm³/mol. The summed E-state index contributed by atoms with van der Waals surface area (Å²) in [6.07, 6.45) is 0.935. The molecule has 26 heavy (non-hydrogen) atoms. The van der Waals surface area contributed by atoms with Crippen molar-refractivity contribution in [2.75, 3.05) is 52.5 Å². The second kappa shape index (κ2) is 9.09. The Balaban J connectivity index is 1.38. The lowest BCUT2D eigenvalue weighted by Crippen LogP contribution is -2.42. The molecule has 0 aliphatic carbocycles. The number of amides is 2. The summed E-state index contributed by atoms with van der Waals surface area (Å²) < 4.78 is 18.2. The maximum absolute atomic E-state index is 12.9. The Labute approximate surface area is 153 Å². The fourth-order valence-corrected chi connectivity index (χ4v) is 3.39. The number of morpholine rings is 1. The third kappa shape index (κ3) is 5.25. The van der Waals surface area contributed by atoms with Crippen molar-refractivity contribution >= 4 is 11.8 Å². The van der Waals surface area contributed by atoms with Gasteiger partial charge in [0.05, 0.1) is 19.1 Å². The van der Waals surface area contributed by atoms with Crippen LogP contribution in [0.25, 0.3) is 0 Å². The average molecular weight is 363 g/mol. The largest absolute Gasteiger partial charge is 0.379 e. The van der Waals surface area contributed by atoms with Crippen LogP contribution in [0.2, 0.25) is 0 Å². The summed E-state index contributed by atoms with van der Waals surface area (Å²) in [6, 6.07) is 6.30. The van der Waals surface area contributed by atoms with Gasteiger partial charge in [0.15, 0.2) is 0 Å². The highest BCUT2D eigenvalue weighted by atomic mass is 19.1. The predicted octanol–water partition coefficient (Wildman–Crippen LogP) is 0.665. The molecule has 142 valence electrons. The van der Waals surface area contributed by atoms with E-state index in [4.69, 9.17) is 4.74 Å². The van der Waals surface area contributed by atoms with E-state index in [1.165, 1.54) is 12.1 Å². The standard InChI is InChI=1S/C19H26FN3O3/c20-17-3-1-15(2-4-17)5-7-23-14-16(13-18(23)24)19(25)21-6-8-22-9-11-26-12-10-22/h1-4,16H,5-14H2,(H,21,25)/t16-/m1/s1. The number of carbonyl (C=O) groups excluding carboxylic acids is 2. The molecular formula is C19H26FN3O3. The minimum Gasteiger partial charge on any atom is -0.379 e. The van der Waals surface area contributed by atoms with Crippen LogP contribution in [-0.4, -0.2) is 74.1 Å². The van der Waals surface area contributed by atoms with Crippen molar-refractivity contribution in [3.05, 3.63) is 35.6 Å². The van der Waals surface area contributed by atoms with Crippen LogP contribution < -0.4 is 5.32 Å². The van der Waals surface area contributed by atoms with Gasteiger partial charge in [0.25, 0.3) is 0 Å². The van der Waals surface area contributed by atoms with E-state index >= 15 is 0 Å². The zero-order valence-corrected chi connectivity index (χ0v) is 15.0. The number of rotatable bonds is 7. The summed E-state index contributed by atoms with van der Waals surface area (Å²) in [7, 11) is 0. The van der Waals surface area contributed by atoms with Gasteiger partial charge in [-0.05, 0) is 24.1 Å².